The van der Waals surface area contributed by atoms with Gasteiger partial charge in [-0.15, -0.1) is 0 Å². The van der Waals surface area contributed by atoms with Gasteiger partial charge in [-0.1, -0.05) is 0 Å². The van der Waals surface area contributed by atoms with Crippen LogP contribution in [0.4, 0.5) is 6.01 Å². The molecular formula is C23H24N5O5. The zero-order chi connectivity index (χ0) is 22.9. The summed E-state index contributed by atoms with van der Waals surface area (Å²) >= 11 is 0. The predicted molar refractivity (Wildman–Crippen MR) is 121 cm³/mol. The van der Waals surface area contributed by atoms with Crippen LogP contribution in [0.15, 0.2) is 37.9 Å². The number of anilines is 1. The molecule has 33 heavy (non-hydrogen) atoms. The number of nitrogens with two attached hydrogens (primary N) is 1. The van der Waals surface area contributed by atoms with Gasteiger partial charge in [0.15, 0.2) is 11.2 Å². The summed E-state index contributed by atoms with van der Waals surface area (Å²) in [6, 6.07) is 10.5. The summed E-state index contributed by atoms with van der Waals surface area (Å²) in [6.07, 6.45) is 1.79. The van der Waals surface area contributed by atoms with Crippen LogP contribution in [-0.2, 0) is 6.54 Å². The monoisotopic (exact) mass is 450 g/mol. The molecule has 1 radical (unpaired) electrons. The number of likely N-dealkylation sites (tertiary alicyclic amines) is 1. The first-order chi connectivity index (χ1) is 16.0. The maximum Gasteiger partial charge on any atom is 0.417 e. The molecule has 0 bridgehead atoms. The second kappa shape index (κ2) is 8.62. The van der Waals surface area contributed by atoms with Gasteiger partial charge in [0.1, 0.15) is 16.8 Å². The number of H-pyrrole nitrogens is 1. The molecule has 0 spiro atoms. The topological polar surface area (TPSA) is 140 Å². The zero-order valence-corrected chi connectivity index (χ0v) is 18.1. The molecule has 1 amide bonds. The fourth-order valence-corrected chi connectivity index (χ4v) is 4.25. The standard InChI is InChI=1S/C23H24N5O5/c1-2-31-17-10-13(11-18-20(17)27-23(30)33-18)12-28-8-6-14(7-9-28)25-22-26-19-15(21(24)29)4-3-5-16(19)32-22/h3,5,10-11,14H,2,6-9,12H2,1H3,(H2,24,29)(H,25,26)(H,27,30). The van der Waals surface area contributed by atoms with Gasteiger partial charge in [0, 0.05) is 25.7 Å². The first-order valence-corrected chi connectivity index (χ1v) is 10.9. The highest BCUT2D eigenvalue weighted by Gasteiger charge is 2.22. The first-order valence-electron chi connectivity index (χ1n) is 10.9. The van der Waals surface area contributed by atoms with E-state index >= 15 is 0 Å². The molecule has 0 saturated carbocycles. The minimum atomic E-state index is -0.585. The molecule has 4 N–H and O–H groups in total. The van der Waals surface area contributed by atoms with Gasteiger partial charge in [0.25, 0.3) is 11.9 Å². The van der Waals surface area contributed by atoms with Crippen molar-refractivity contribution in [1.29, 1.82) is 0 Å². The third-order valence-electron chi connectivity index (χ3n) is 5.78. The average molecular weight is 450 g/mol. The Labute approximate surface area is 188 Å². The van der Waals surface area contributed by atoms with E-state index < -0.39 is 11.7 Å². The molecule has 1 aliphatic heterocycles. The molecule has 1 saturated heterocycles. The number of hydrogen-bond acceptors (Lipinski definition) is 8. The van der Waals surface area contributed by atoms with E-state index in [4.69, 9.17) is 19.3 Å². The molecule has 1 fully saturated rings. The number of carbonyl (C=O) groups excluding carboxylic acids is 1. The number of ether oxygens (including phenoxy) is 1. The third kappa shape index (κ3) is 4.29. The number of aromatic amines is 1. The molecule has 171 valence electrons. The van der Waals surface area contributed by atoms with Crippen molar-refractivity contribution in [2.24, 2.45) is 5.73 Å². The summed E-state index contributed by atoms with van der Waals surface area (Å²) in [6.45, 7) is 4.86. The van der Waals surface area contributed by atoms with Gasteiger partial charge in [-0.3, -0.25) is 14.7 Å². The fraction of sp³-hybridized carbons (Fsp3) is 0.348. The largest absolute Gasteiger partial charge is 0.492 e. The summed E-state index contributed by atoms with van der Waals surface area (Å²) < 4.78 is 16.7. The smallest absolute Gasteiger partial charge is 0.417 e. The number of aromatic nitrogens is 2. The normalized spacial score (nSPS) is 15.3. The summed E-state index contributed by atoms with van der Waals surface area (Å²) in [4.78, 5) is 32.6. The van der Waals surface area contributed by atoms with E-state index in [1.54, 1.807) is 12.1 Å². The highest BCUT2D eigenvalue weighted by atomic mass is 16.5. The van der Waals surface area contributed by atoms with Gasteiger partial charge in [-0.05, 0) is 55.7 Å². The van der Waals surface area contributed by atoms with Gasteiger partial charge in [0.05, 0.1) is 12.2 Å². The van der Waals surface area contributed by atoms with Crippen LogP contribution in [0.25, 0.3) is 22.2 Å². The molecule has 2 aromatic carbocycles. The molecule has 0 unspecified atom stereocenters. The lowest BCUT2D eigenvalue weighted by atomic mass is 10.0. The fourth-order valence-electron chi connectivity index (χ4n) is 4.25. The first kappa shape index (κ1) is 21.1. The van der Waals surface area contributed by atoms with Gasteiger partial charge in [-0.25, -0.2) is 4.79 Å². The molecule has 5 rings (SSSR count). The van der Waals surface area contributed by atoms with Crippen LogP contribution >= 0.6 is 0 Å². The average Bonchev–Trinajstić information content (AvgIpc) is 3.37. The Hall–Kier alpha value is -3.79. The van der Waals surface area contributed by atoms with Gasteiger partial charge < -0.3 is 24.6 Å². The number of primary amides is 1. The van der Waals surface area contributed by atoms with E-state index in [-0.39, 0.29) is 11.6 Å². The molecule has 10 nitrogen and oxygen atoms in total. The number of rotatable bonds is 7. The minimum Gasteiger partial charge on any atom is -0.492 e. The number of piperidine rings is 1. The van der Waals surface area contributed by atoms with E-state index in [0.29, 0.717) is 40.6 Å². The van der Waals surface area contributed by atoms with Crippen molar-refractivity contribution >= 4 is 34.1 Å². The van der Waals surface area contributed by atoms with Crippen LogP contribution in [0.5, 0.6) is 5.75 Å². The molecule has 10 heteroatoms. The third-order valence-corrected chi connectivity index (χ3v) is 5.78. The van der Waals surface area contributed by atoms with Gasteiger partial charge in [-0.2, -0.15) is 4.98 Å². The summed E-state index contributed by atoms with van der Waals surface area (Å²) in [5, 5.41) is 3.33. The Balaban J connectivity index is 1.24. The Morgan fingerprint density at radius 1 is 1.33 bits per heavy atom. The molecule has 2 aromatic heterocycles. The Bertz CT molecular complexity index is 1360. The molecule has 3 heterocycles. The van der Waals surface area contributed by atoms with Crippen LogP contribution in [0.1, 0.15) is 35.7 Å². The van der Waals surface area contributed by atoms with E-state index in [2.05, 4.69) is 26.3 Å². The summed E-state index contributed by atoms with van der Waals surface area (Å²) in [5.41, 5.74) is 8.65. The van der Waals surface area contributed by atoms with E-state index in [0.717, 1.165) is 38.0 Å². The highest BCUT2D eigenvalue weighted by Crippen LogP contribution is 2.28. The zero-order valence-electron chi connectivity index (χ0n) is 18.1. The number of oxazole rings is 2. The summed E-state index contributed by atoms with van der Waals surface area (Å²) in [7, 11) is 0. The number of amides is 1. The predicted octanol–water partition coefficient (Wildman–Crippen LogP) is 2.64. The van der Waals surface area contributed by atoms with E-state index in [9.17, 15) is 9.59 Å². The quantitative estimate of drug-likeness (QED) is 0.390. The van der Waals surface area contributed by atoms with Crippen LogP contribution in [-0.4, -0.2) is 46.5 Å². The number of carbonyl (C=O) groups is 1. The van der Waals surface area contributed by atoms with E-state index in [1.165, 1.54) is 0 Å². The van der Waals surface area contributed by atoms with Crippen molar-refractivity contribution in [1.82, 2.24) is 14.9 Å². The van der Waals surface area contributed by atoms with Gasteiger partial charge in [0.2, 0.25) is 0 Å². The second-order valence-electron chi connectivity index (χ2n) is 8.06. The van der Waals surface area contributed by atoms with Crippen molar-refractivity contribution in [3.05, 3.63) is 52.0 Å². The van der Waals surface area contributed by atoms with Crippen LogP contribution < -0.4 is 21.5 Å². The van der Waals surface area contributed by atoms with E-state index in [1.807, 2.05) is 19.1 Å². The number of hydrogen-bond donors (Lipinski definition) is 3. The summed E-state index contributed by atoms with van der Waals surface area (Å²) in [5.74, 6) is -0.454. The lowest BCUT2D eigenvalue weighted by molar-refractivity contribution is 0.100. The van der Waals surface area contributed by atoms with Crippen LogP contribution in [0.3, 0.4) is 0 Å². The van der Waals surface area contributed by atoms with Crippen LogP contribution in [0.2, 0.25) is 0 Å². The molecule has 0 aliphatic carbocycles. The van der Waals surface area contributed by atoms with Crippen molar-refractivity contribution in [2.45, 2.75) is 32.4 Å². The Morgan fingerprint density at radius 3 is 2.91 bits per heavy atom. The van der Waals surface area contributed by atoms with Crippen LogP contribution in [0, 0.1) is 6.07 Å². The number of benzene rings is 2. The van der Waals surface area contributed by atoms with Crippen molar-refractivity contribution < 1.29 is 18.4 Å². The lowest BCUT2D eigenvalue weighted by Crippen LogP contribution is -2.38. The number of fused-ring (bicyclic) bond motifs is 2. The second-order valence-corrected chi connectivity index (χ2v) is 8.06. The van der Waals surface area contributed by atoms with Crippen molar-refractivity contribution in [3.8, 4) is 5.75 Å². The lowest BCUT2D eigenvalue weighted by Gasteiger charge is -2.32. The maximum atomic E-state index is 11.6. The Morgan fingerprint density at radius 2 is 2.15 bits per heavy atom. The molecule has 1 aliphatic rings. The van der Waals surface area contributed by atoms with Crippen molar-refractivity contribution in [3.63, 3.8) is 0 Å². The number of nitrogens with one attached hydrogen (secondary N) is 2. The molecular weight excluding hydrogens is 426 g/mol. The SMILES string of the molecule is CCOc1cc(CN2CCC(Nc3nc4c(C(N)=O)[c]ccc4o3)CC2)cc2oc(=O)[nH]c12. The minimum absolute atomic E-state index is 0.194. The highest BCUT2D eigenvalue weighted by molar-refractivity contribution is 6.03. The van der Waals surface area contributed by atoms with Gasteiger partial charge >= 0.3 is 5.76 Å². The molecule has 4 aromatic rings. The maximum absolute atomic E-state index is 11.6. The van der Waals surface area contributed by atoms with Crippen molar-refractivity contribution in [2.75, 3.05) is 25.0 Å². The molecule has 0 atom stereocenters. The Kier molecular flexibility index (Phi) is 5.51. The number of nitrogens with zero attached hydrogens (tertiary/aromatic N) is 2.